The molecular weight excluding hydrogens is 335 g/mol. The van der Waals surface area contributed by atoms with E-state index in [1.165, 1.54) is 24.3 Å². The Kier molecular flexibility index (Phi) is 5.31. The van der Waals surface area contributed by atoms with E-state index in [9.17, 15) is 9.18 Å². The predicted octanol–water partition coefficient (Wildman–Crippen LogP) is 4.05. The van der Waals surface area contributed by atoms with E-state index >= 15 is 0 Å². The van der Waals surface area contributed by atoms with Crippen LogP contribution in [0.2, 0.25) is 0 Å². The number of carbonyl (C=O) groups is 1. The number of hydrogen-bond donors (Lipinski definition) is 1. The number of nitrogens with one attached hydrogen (secondary N) is 1. The molecule has 0 fully saturated rings. The van der Waals surface area contributed by atoms with Crippen LogP contribution in [-0.4, -0.2) is 18.2 Å². The molecule has 0 aliphatic carbocycles. The second-order valence-corrected chi connectivity index (χ2v) is 5.74. The number of halogens is 1. The van der Waals surface area contributed by atoms with Crippen molar-refractivity contribution in [2.75, 3.05) is 0 Å². The Balaban J connectivity index is 1.66. The van der Waals surface area contributed by atoms with Crippen molar-refractivity contribution in [2.45, 2.75) is 26.4 Å². The van der Waals surface area contributed by atoms with Crippen molar-refractivity contribution in [3.8, 4) is 5.75 Å². The van der Waals surface area contributed by atoms with E-state index in [4.69, 9.17) is 9.15 Å². The molecule has 5 nitrogen and oxygen atoms in total. The summed E-state index contributed by atoms with van der Waals surface area (Å²) >= 11 is 0. The van der Waals surface area contributed by atoms with Crippen molar-refractivity contribution in [3.05, 3.63) is 65.7 Å². The van der Waals surface area contributed by atoms with Gasteiger partial charge in [0.2, 0.25) is 0 Å². The lowest BCUT2D eigenvalue weighted by atomic mass is 10.1. The van der Waals surface area contributed by atoms with Gasteiger partial charge in [0.1, 0.15) is 22.9 Å². The number of carbonyl (C=O) groups excluding carboxylic acids is 1. The summed E-state index contributed by atoms with van der Waals surface area (Å²) < 4.78 is 24.1. The summed E-state index contributed by atoms with van der Waals surface area (Å²) in [4.78, 5) is 12.1. The quantitative estimate of drug-likeness (QED) is 0.536. The number of nitrogens with zero attached hydrogens (tertiary/aromatic N) is 1. The fourth-order valence-corrected chi connectivity index (χ4v) is 2.54. The van der Waals surface area contributed by atoms with Gasteiger partial charge in [-0.3, -0.25) is 4.79 Å². The molecule has 0 unspecified atom stereocenters. The van der Waals surface area contributed by atoms with Crippen LogP contribution in [0.5, 0.6) is 5.75 Å². The van der Waals surface area contributed by atoms with Gasteiger partial charge in [0.25, 0.3) is 5.91 Å². The molecule has 0 radical (unpaired) electrons. The highest BCUT2D eigenvalue weighted by atomic mass is 19.1. The van der Waals surface area contributed by atoms with Crippen LogP contribution in [0.1, 0.15) is 25.2 Å². The van der Waals surface area contributed by atoms with Crippen molar-refractivity contribution in [1.29, 1.82) is 0 Å². The normalized spacial score (nSPS) is 12.4. The van der Waals surface area contributed by atoms with E-state index in [2.05, 4.69) is 10.5 Å². The molecule has 0 saturated carbocycles. The topological polar surface area (TPSA) is 63.8 Å². The zero-order valence-corrected chi connectivity index (χ0v) is 14.5. The molecule has 1 N–H and O–H groups in total. The highest BCUT2D eigenvalue weighted by Gasteiger charge is 2.15. The van der Waals surface area contributed by atoms with Crippen LogP contribution in [0.3, 0.4) is 0 Å². The molecule has 3 rings (SSSR count). The van der Waals surface area contributed by atoms with E-state index in [-0.39, 0.29) is 5.82 Å². The zero-order valence-electron chi connectivity index (χ0n) is 14.5. The van der Waals surface area contributed by atoms with Gasteiger partial charge in [0, 0.05) is 17.4 Å². The van der Waals surface area contributed by atoms with Crippen LogP contribution in [0.15, 0.2) is 58.0 Å². The summed E-state index contributed by atoms with van der Waals surface area (Å²) in [5, 5.41) is 4.97. The summed E-state index contributed by atoms with van der Waals surface area (Å²) in [7, 11) is 0. The van der Waals surface area contributed by atoms with Crippen LogP contribution < -0.4 is 10.2 Å². The number of para-hydroxylation sites is 1. The highest BCUT2D eigenvalue weighted by Crippen LogP contribution is 2.24. The first-order valence-electron chi connectivity index (χ1n) is 8.34. The molecule has 1 amide bonds. The SMILES string of the molecule is CCc1oc2ccccc2c1/C=N\NC(=O)[C@H](C)Oc1ccc(F)cc1. The molecule has 1 heterocycles. The first kappa shape index (κ1) is 17.7. The van der Waals surface area contributed by atoms with Crippen LogP contribution in [-0.2, 0) is 11.2 Å². The largest absolute Gasteiger partial charge is 0.481 e. The third-order valence-electron chi connectivity index (χ3n) is 3.90. The lowest BCUT2D eigenvalue weighted by Gasteiger charge is -2.12. The first-order valence-corrected chi connectivity index (χ1v) is 8.34. The third kappa shape index (κ3) is 3.91. The average molecular weight is 354 g/mol. The molecule has 0 saturated heterocycles. The molecule has 0 aliphatic rings. The second kappa shape index (κ2) is 7.82. The predicted molar refractivity (Wildman–Crippen MR) is 97.8 cm³/mol. The van der Waals surface area contributed by atoms with Crippen LogP contribution in [0.4, 0.5) is 4.39 Å². The minimum absolute atomic E-state index is 0.363. The highest BCUT2D eigenvalue weighted by molar-refractivity contribution is 5.99. The fraction of sp³-hybridized carbons (Fsp3) is 0.200. The van der Waals surface area contributed by atoms with Gasteiger partial charge in [-0.1, -0.05) is 25.1 Å². The van der Waals surface area contributed by atoms with Crippen molar-refractivity contribution >= 4 is 23.1 Å². The van der Waals surface area contributed by atoms with Crippen molar-refractivity contribution in [3.63, 3.8) is 0 Å². The van der Waals surface area contributed by atoms with Gasteiger partial charge < -0.3 is 9.15 Å². The molecule has 0 spiro atoms. The Morgan fingerprint density at radius 2 is 2.00 bits per heavy atom. The number of rotatable bonds is 6. The van der Waals surface area contributed by atoms with Gasteiger partial charge in [-0.05, 0) is 37.3 Å². The van der Waals surface area contributed by atoms with Gasteiger partial charge in [-0.25, -0.2) is 9.82 Å². The van der Waals surface area contributed by atoms with Crippen LogP contribution in [0.25, 0.3) is 11.0 Å². The number of fused-ring (bicyclic) bond motifs is 1. The van der Waals surface area contributed by atoms with Crippen molar-refractivity contribution in [1.82, 2.24) is 5.43 Å². The summed E-state index contributed by atoms with van der Waals surface area (Å²) in [6, 6.07) is 13.1. The minimum atomic E-state index is -0.774. The molecule has 134 valence electrons. The maximum atomic E-state index is 12.9. The minimum Gasteiger partial charge on any atom is -0.481 e. The van der Waals surface area contributed by atoms with E-state index in [1.54, 1.807) is 13.1 Å². The lowest BCUT2D eigenvalue weighted by Crippen LogP contribution is -2.33. The maximum Gasteiger partial charge on any atom is 0.280 e. The van der Waals surface area contributed by atoms with E-state index in [1.807, 2.05) is 31.2 Å². The van der Waals surface area contributed by atoms with E-state index in [0.717, 1.165) is 22.3 Å². The number of hydrazone groups is 1. The molecule has 0 aliphatic heterocycles. The molecule has 6 heteroatoms. The number of furan rings is 1. The molecule has 26 heavy (non-hydrogen) atoms. The Hall–Kier alpha value is -3.15. The third-order valence-corrected chi connectivity index (χ3v) is 3.90. The van der Waals surface area contributed by atoms with Gasteiger partial charge in [-0.15, -0.1) is 0 Å². The van der Waals surface area contributed by atoms with Gasteiger partial charge >= 0.3 is 0 Å². The maximum absolute atomic E-state index is 12.9. The molecule has 0 bridgehead atoms. The standard InChI is InChI=1S/C20H19FN2O3/c1-3-18-17(16-6-4-5-7-19(16)26-18)12-22-23-20(24)13(2)25-15-10-8-14(21)9-11-15/h4-13H,3H2,1-2H3,(H,23,24)/b22-12-/t13-/m0/s1. The van der Waals surface area contributed by atoms with E-state index in [0.29, 0.717) is 12.2 Å². The summed E-state index contributed by atoms with van der Waals surface area (Å²) in [5.74, 6) is 0.446. The zero-order chi connectivity index (χ0) is 18.5. The summed E-state index contributed by atoms with van der Waals surface area (Å²) in [5.41, 5.74) is 4.08. The fourth-order valence-electron chi connectivity index (χ4n) is 2.54. The number of benzene rings is 2. The molecule has 1 atom stereocenters. The molecule has 2 aromatic carbocycles. The smallest absolute Gasteiger partial charge is 0.280 e. The molecule has 3 aromatic rings. The van der Waals surface area contributed by atoms with Gasteiger partial charge in [-0.2, -0.15) is 5.10 Å². The Morgan fingerprint density at radius 1 is 1.27 bits per heavy atom. The monoisotopic (exact) mass is 354 g/mol. The second-order valence-electron chi connectivity index (χ2n) is 5.74. The van der Waals surface area contributed by atoms with Crippen molar-refractivity contribution in [2.24, 2.45) is 5.10 Å². The molecule has 1 aromatic heterocycles. The molecular formula is C20H19FN2O3. The van der Waals surface area contributed by atoms with E-state index < -0.39 is 12.0 Å². The number of aryl methyl sites for hydroxylation is 1. The summed E-state index contributed by atoms with van der Waals surface area (Å²) in [6.45, 7) is 3.59. The number of hydrogen-bond acceptors (Lipinski definition) is 4. The number of ether oxygens (including phenoxy) is 1. The van der Waals surface area contributed by atoms with Gasteiger partial charge in [0.15, 0.2) is 6.10 Å². The lowest BCUT2D eigenvalue weighted by molar-refractivity contribution is -0.127. The average Bonchev–Trinajstić information content (AvgIpc) is 3.01. The number of amides is 1. The van der Waals surface area contributed by atoms with Crippen LogP contribution in [0, 0.1) is 5.82 Å². The van der Waals surface area contributed by atoms with Crippen LogP contribution >= 0.6 is 0 Å². The summed E-state index contributed by atoms with van der Waals surface area (Å²) in [6.07, 6.45) is 1.52. The first-order chi connectivity index (χ1) is 12.6. The van der Waals surface area contributed by atoms with Gasteiger partial charge in [0.05, 0.1) is 6.21 Å². The van der Waals surface area contributed by atoms with Crippen molar-refractivity contribution < 1.29 is 18.3 Å². The Bertz CT molecular complexity index is 932. The Labute approximate surface area is 150 Å². The Morgan fingerprint density at radius 3 is 2.73 bits per heavy atom.